The van der Waals surface area contributed by atoms with Gasteiger partial charge in [-0.05, 0) is 55.7 Å². The lowest BCUT2D eigenvalue weighted by Gasteiger charge is -2.24. The average Bonchev–Trinajstić information content (AvgIpc) is 3.54. The first-order valence-electron chi connectivity index (χ1n) is 12.1. The van der Waals surface area contributed by atoms with Crippen LogP contribution in [0.1, 0.15) is 43.0 Å². The highest BCUT2D eigenvalue weighted by Gasteiger charge is 2.31. The molecule has 0 spiro atoms. The zero-order valence-corrected chi connectivity index (χ0v) is 21.0. The number of rotatable bonds is 8. The molecule has 1 fully saturated rings. The summed E-state index contributed by atoms with van der Waals surface area (Å²) in [6, 6.07) is 13.5. The Morgan fingerprint density at radius 2 is 1.92 bits per heavy atom. The van der Waals surface area contributed by atoms with Gasteiger partial charge in [0.05, 0.1) is 19.6 Å². The molecule has 0 saturated heterocycles. The number of fused-ring (bicyclic) bond motifs is 1. The summed E-state index contributed by atoms with van der Waals surface area (Å²) in [6.07, 6.45) is 2.09. The molecule has 37 heavy (non-hydrogen) atoms. The summed E-state index contributed by atoms with van der Waals surface area (Å²) in [4.78, 5) is 46.7. The van der Waals surface area contributed by atoms with Crippen molar-refractivity contribution in [1.82, 2.24) is 15.2 Å². The Hall–Kier alpha value is -4.21. The fourth-order valence-corrected chi connectivity index (χ4v) is 4.54. The van der Waals surface area contributed by atoms with Crippen molar-refractivity contribution in [2.75, 3.05) is 14.2 Å². The normalized spacial score (nSPS) is 18.4. The first-order chi connectivity index (χ1) is 17.7. The second kappa shape index (κ2) is 11.2. The molecule has 3 atom stereocenters. The summed E-state index contributed by atoms with van der Waals surface area (Å²) in [5.74, 6) is -0.928. The van der Waals surface area contributed by atoms with E-state index in [4.69, 9.17) is 9.15 Å². The molecule has 0 unspecified atom stereocenters. The molecule has 1 saturated carbocycles. The molecule has 2 aromatic carbocycles. The summed E-state index contributed by atoms with van der Waals surface area (Å²) >= 11 is 0. The molecule has 1 aliphatic carbocycles. The van der Waals surface area contributed by atoms with Crippen LogP contribution < -0.4 is 5.32 Å². The standard InChI is InChI=1S/C27H30N4O6/c1-16(32)28-22(27(34)35)15-24(36-3)29-19-12-13-20(14-19)31(2)26(33)18-10-8-17(9-11-18)25-30-21-6-4-5-7-23(21)37-25/h4-11,19-20,22H,12-15H2,1-3H3,(H,28,32)(H,34,35)/t19-,20+,22-/m0/s1. The van der Waals surface area contributed by atoms with E-state index >= 15 is 0 Å². The minimum absolute atomic E-state index is 0.0123. The van der Waals surface area contributed by atoms with Crippen LogP contribution in [0.4, 0.5) is 0 Å². The van der Waals surface area contributed by atoms with E-state index in [1.54, 1.807) is 24.1 Å². The number of aliphatic carboxylic acids is 1. The maximum Gasteiger partial charge on any atom is 0.326 e. The summed E-state index contributed by atoms with van der Waals surface area (Å²) < 4.78 is 11.1. The number of para-hydroxylation sites is 2. The molecule has 1 heterocycles. The smallest absolute Gasteiger partial charge is 0.326 e. The molecule has 0 bridgehead atoms. The Kier molecular flexibility index (Phi) is 7.86. The van der Waals surface area contributed by atoms with Crippen LogP contribution in [0, 0.1) is 0 Å². The van der Waals surface area contributed by atoms with Crippen LogP contribution in [0.2, 0.25) is 0 Å². The topological polar surface area (TPSA) is 134 Å². The number of carboxylic acids is 1. The Bertz CT molecular complexity index is 1280. The molecule has 10 heteroatoms. The second-order valence-electron chi connectivity index (χ2n) is 9.12. The number of aliphatic imine (C=N–C) groups is 1. The maximum absolute atomic E-state index is 13.1. The third kappa shape index (κ3) is 6.14. The molecule has 10 nitrogen and oxygen atoms in total. The Morgan fingerprint density at radius 1 is 1.19 bits per heavy atom. The lowest BCUT2D eigenvalue weighted by Crippen LogP contribution is -2.41. The number of hydrogen-bond acceptors (Lipinski definition) is 7. The zero-order valence-electron chi connectivity index (χ0n) is 21.0. The van der Waals surface area contributed by atoms with Gasteiger partial charge < -0.3 is 24.5 Å². The molecule has 1 aromatic heterocycles. The molecular weight excluding hydrogens is 476 g/mol. The van der Waals surface area contributed by atoms with Crippen molar-refractivity contribution in [3.63, 3.8) is 0 Å². The minimum atomic E-state index is -1.16. The van der Waals surface area contributed by atoms with Crippen molar-refractivity contribution >= 4 is 34.8 Å². The molecule has 0 radical (unpaired) electrons. The number of oxazole rings is 1. The van der Waals surface area contributed by atoms with Gasteiger partial charge in [0.15, 0.2) is 11.5 Å². The van der Waals surface area contributed by atoms with E-state index in [0.717, 1.165) is 23.9 Å². The molecule has 2 N–H and O–H groups in total. The number of nitrogens with one attached hydrogen (secondary N) is 1. The maximum atomic E-state index is 13.1. The highest BCUT2D eigenvalue weighted by atomic mass is 16.5. The Morgan fingerprint density at radius 3 is 2.57 bits per heavy atom. The average molecular weight is 507 g/mol. The van der Waals surface area contributed by atoms with Gasteiger partial charge >= 0.3 is 5.97 Å². The van der Waals surface area contributed by atoms with Crippen molar-refractivity contribution in [2.45, 2.75) is 50.7 Å². The largest absolute Gasteiger partial charge is 0.484 e. The van der Waals surface area contributed by atoms with Crippen LogP contribution in [0.5, 0.6) is 0 Å². The van der Waals surface area contributed by atoms with Crippen molar-refractivity contribution in [3.8, 4) is 11.5 Å². The van der Waals surface area contributed by atoms with Crippen LogP contribution >= 0.6 is 0 Å². The van der Waals surface area contributed by atoms with Gasteiger partial charge in [-0.15, -0.1) is 0 Å². The summed E-state index contributed by atoms with van der Waals surface area (Å²) in [5.41, 5.74) is 2.84. The van der Waals surface area contributed by atoms with Gasteiger partial charge in [-0.2, -0.15) is 0 Å². The van der Waals surface area contributed by atoms with Crippen molar-refractivity contribution < 1.29 is 28.6 Å². The molecular formula is C27H30N4O6. The van der Waals surface area contributed by atoms with E-state index in [0.29, 0.717) is 23.5 Å². The summed E-state index contributed by atoms with van der Waals surface area (Å²) in [6.45, 7) is 1.26. The van der Waals surface area contributed by atoms with Crippen LogP contribution in [0.25, 0.3) is 22.6 Å². The highest BCUT2D eigenvalue weighted by molar-refractivity contribution is 5.94. The van der Waals surface area contributed by atoms with Crippen molar-refractivity contribution in [3.05, 3.63) is 54.1 Å². The third-order valence-corrected chi connectivity index (χ3v) is 6.53. The van der Waals surface area contributed by atoms with Gasteiger partial charge in [0.2, 0.25) is 11.8 Å². The van der Waals surface area contributed by atoms with E-state index in [1.165, 1.54) is 14.0 Å². The van der Waals surface area contributed by atoms with Gasteiger partial charge in [-0.1, -0.05) is 12.1 Å². The zero-order chi connectivity index (χ0) is 26.5. The van der Waals surface area contributed by atoms with Gasteiger partial charge in [0.1, 0.15) is 11.6 Å². The fourth-order valence-electron chi connectivity index (χ4n) is 4.54. The number of aromatic nitrogens is 1. The van der Waals surface area contributed by atoms with E-state index in [1.807, 2.05) is 36.4 Å². The molecule has 3 aromatic rings. The SMILES string of the molecule is COC(C[C@H](NC(C)=O)C(=O)O)=N[C@H]1CC[C@@H](N(C)C(=O)c2ccc(-c3nc4ccccc4o3)cc2)C1. The van der Waals surface area contributed by atoms with Crippen LogP contribution in [0.15, 0.2) is 57.9 Å². The number of carboxylic acid groups (broad SMARTS) is 1. The predicted octanol–water partition coefficient (Wildman–Crippen LogP) is 3.51. The first-order valence-corrected chi connectivity index (χ1v) is 12.1. The number of carbonyl (C=O) groups is 3. The predicted molar refractivity (Wildman–Crippen MR) is 137 cm³/mol. The summed E-state index contributed by atoms with van der Waals surface area (Å²) in [5, 5.41) is 11.7. The van der Waals surface area contributed by atoms with Gasteiger partial charge in [0, 0.05) is 31.1 Å². The molecule has 1 aliphatic rings. The number of benzene rings is 2. The van der Waals surface area contributed by atoms with E-state index < -0.39 is 17.9 Å². The molecule has 2 amide bonds. The monoisotopic (exact) mass is 506 g/mol. The lowest BCUT2D eigenvalue weighted by molar-refractivity contribution is -0.141. The molecule has 4 rings (SSSR count). The second-order valence-corrected chi connectivity index (χ2v) is 9.12. The van der Waals surface area contributed by atoms with Crippen LogP contribution in [-0.2, 0) is 14.3 Å². The number of methoxy groups -OCH3 is 1. The van der Waals surface area contributed by atoms with Gasteiger partial charge in [-0.3, -0.25) is 14.6 Å². The number of carbonyl (C=O) groups excluding carboxylic acids is 2. The first kappa shape index (κ1) is 25.9. The van der Waals surface area contributed by atoms with Gasteiger partial charge in [-0.25, -0.2) is 9.78 Å². The Balaban J connectivity index is 1.38. The van der Waals surface area contributed by atoms with Gasteiger partial charge in [0.25, 0.3) is 5.91 Å². The number of nitrogens with zero attached hydrogens (tertiary/aromatic N) is 3. The third-order valence-electron chi connectivity index (χ3n) is 6.53. The van der Waals surface area contributed by atoms with E-state index in [-0.39, 0.29) is 30.3 Å². The lowest BCUT2D eigenvalue weighted by atomic mass is 10.1. The Labute approximate surface area is 214 Å². The molecule has 194 valence electrons. The van der Waals surface area contributed by atoms with Crippen molar-refractivity contribution in [1.29, 1.82) is 0 Å². The highest BCUT2D eigenvalue weighted by Crippen LogP contribution is 2.28. The molecule has 0 aliphatic heterocycles. The van der Waals surface area contributed by atoms with Crippen LogP contribution in [0.3, 0.4) is 0 Å². The number of amides is 2. The number of ether oxygens (including phenoxy) is 1. The van der Waals surface area contributed by atoms with E-state index in [9.17, 15) is 19.5 Å². The van der Waals surface area contributed by atoms with E-state index in [2.05, 4.69) is 15.3 Å². The number of hydrogen-bond donors (Lipinski definition) is 2. The summed E-state index contributed by atoms with van der Waals surface area (Å²) in [7, 11) is 3.21. The quantitative estimate of drug-likeness (QED) is 0.353. The minimum Gasteiger partial charge on any atom is -0.484 e. The fraction of sp³-hybridized carbons (Fsp3) is 0.370. The van der Waals surface area contributed by atoms with Crippen molar-refractivity contribution in [2.24, 2.45) is 4.99 Å². The van der Waals surface area contributed by atoms with Crippen LogP contribution in [-0.4, -0.2) is 71.0 Å².